The molecule has 0 aromatic rings. The lowest BCUT2D eigenvalue weighted by molar-refractivity contribution is 0.117. The quantitative estimate of drug-likeness (QED) is 0.655. The summed E-state index contributed by atoms with van der Waals surface area (Å²) in [4.78, 5) is 2.70. The van der Waals surface area contributed by atoms with Crippen molar-refractivity contribution in [3.8, 4) is 0 Å². The van der Waals surface area contributed by atoms with Crippen LogP contribution >= 0.6 is 0 Å². The molecular formula is C15H32N2. The van der Waals surface area contributed by atoms with Crippen molar-refractivity contribution in [3.05, 3.63) is 0 Å². The molecule has 0 atom stereocenters. The Labute approximate surface area is 108 Å². The minimum Gasteiger partial charge on any atom is -0.316 e. The highest BCUT2D eigenvalue weighted by Gasteiger charge is 2.28. The lowest BCUT2D eigenvalue weighted by Crippen LogP contribution is -2.45. The Bertz CT molecular complexity index is 181. The van der Waals surface area contributed by atoms with E-state index in [4.69, 9.17) is 0 Å². The molecule has 1 rings (SSSR count). The molecule has 1 aliphatic rings. The molecule has 0 aromatic carbocycles. The molecule has 0 aliphatic carbocycles. The summed E-state index contributed by atoms with van der Waals surface area (Å²) < 4.78 is 0. The molecule has 2 nitrogen and oxygen atoms in total. The summed E-state index contributed by atoms with van der Waals surface area (Å²) in [6.07, 6.45) is 8.11. The van der Waals surface area contributed by atoms with Gasteiger partial charge in [-0.25, -0.2) is 0 Å². The molecule has 17 heavy (non-hydrogen) atoms. The average molecular weight is 240 g/mol. The number of rotatable bonds is 8. The van der Waals surface area contributed by atoms with Crippen LogP contribution in [0.3, 0.4) is 0 Å². The number of nitrogens with one attached hydrogen (secondary N) is 1. The second kappa shape index (κ2) is 8.10. The van der Waals surface area contributed by atoms with Crippen LogP contribution < -0.4 is 5.32 Å². The van der Waals surface area contributed by atoms with Crippen molar-refractivity contribution >= 4 is 0 Å². The van der Waals surface area contributed by atoms with Crippen LogP contribution in [0.15, 0.2) is 0 Å². The van der Waals surface area contributed by atoms with Crippen LogP contribution in [0.25, 0.3) is 0 Å². The van der Waals surface area contributed by atoms with Crippen LogP contribution in [0, 0.1) is 5.41 Å². The minimum absolute atomic E-state index is 0.506. The molecule has 0 amide bonds. The van der Waals surface area contributed by atoms with E-state index in [0.717, 1.165) is 0 Å². The molecule has 0 bridgehead atoms. The molecule has 0 unspecified atom stereocenters. The van der Waals surface area contributed by atoms with Gasteiger partial charge in [-0.05, 0) is 57.2 Å². The van der Waals surface area contributed by atoms with Gasteiger partial charge in [0.15, 0.2) is 0 Å². The summed E-state index contributed by atoms with van der Waals surface area (Å²) in [5, 5.41) is 3.64. The molecule has 1 heterocycles. The van der Waals surface area contributed by atoms with Crippen molar-refractivity contribution in [2.24, 2.45) is 5.41 Å². The first-order chi connectivity index (χ1) is 8.26. The van der Waals surface area contributed by atoms with Crippen LogP contribution in [-0.4, -0.2) is 37.6 Å². The number of hydrogen-bond donors (Lipinski definition) is 1. The zero-order valence-corrected chi connectivity index (χ0v) is 12.2. The Morgan fingerprint density at radius 1 is 1.00 bits per heavy atom. The smallest absolute Gasteiger partial charge is 0.00499 e. The summed E-state index contributed by atoms with van der Waals surface area (Å²) in [5.74, 6) is 0. The van der Waals surface area contributed by atoms with Gasteiger partial charge in [0, 0.05) is 13.1 Å². The van der Waals surface area contributed by atoms with Gasteiger partial charge in [-0.15, -0.1) is 0 Å². The Balaban J connectivity index is 2.43. The molecule has 0 radical (unpaired) electrons. The van der Waals surface area contributed by atoms with Gasteiger partial charge in [-0.1, -0.05) is 27.2 Å². The standard InChI is InChI=1S/C15H32N2/c1-4-10-16-13-15(5-2,6-3)14-17-11-8-7-9-12-17/h16H,4-14H2,1-3H3. The lowest BCUT2D eigenvalue weighted by atomic mass is 9.81. The van der Waals surface area contributed by atoms with Crippen molar-refractivity contribution in [1.29, 1.82) is 0 Å². The van der Waals surface area contributed by atoms with Crippen LogP contribution in [0.2, 0.25) is 0 Å². The Morgan fingerprint density at radius 3 is 2.18 bits per heavy atom. The Hall–Kier alpha value is -0.0800. The molecule has 1 fully saturated rings. The lowest BCUT2D eigenvalue weighted by Gasteiger charge is -2.39. The number of nitrogens with zero attached hydrogens (tertiary/aromatic N) is 1. The highest BCUT2D eigenvalue weighted by Crippen LogP contribution is 2.28. The molecule has 0 spiro atoms. The zero-order chi connectivity index (χ0) is 12.6. The second-order valence-corrected chi connectivity index (χ2v) is 5.72. The highest BCUT2D eigenvalue weighted by atomic mass is 15.1. The molecule has 1 N–H and O–H groups in total. The second-order valence-electron chi connectivity index (χ2n) is 5.72. The van der Waals surface area contributed by atoms with Crippen molar-refractivity contribution in [3.63, 3.8) is 0 Å². The van der Waals surface area contributed by atoms with Crippen LogP contribution in [0.1, 0.15) is 59.3 Å². The van der Waals surface area contributed by atoms with Gasteiger partial charge in [-0.2, -0.15) is 0 Å². The van der Waals surface area contributed by atoms with Crippen molar-refractivity contribution in [2.75, 3.05) is 32.7 Å². The number of likely N-dealkylation sites (tertiary alicyclic amines) is 1. The average Bonchev–Trinajstić information content (AvgIpc) is 2.39. The first kappa shape index (κ1) is 15.0. The molecule has 2 heteroatoms. The van der Waals surface area contributed by atoms with Crippen molar-refractivity contribution < 1.29 is 0 Å². The highest BCUT2D eigenvalue weighted by molar-refractivity contribution is 4.83. The Morgan fingerprint density at radius 2 is 1.65 bits per heavy atom. The van der Waals surface area contributed by atoms with Crippen molar-refractivity contribution in [2.45, 2.75) is 59.3 Å². The fraction of sp³-hybridized carbons (Fsp3) is 1.00. The summed E-state index contributed by atoms with van der Waals surface area (Å²) in [6, 6.07) is 0. The van der Waals surface area contributed by atoms with Gasteiger partial charge in [-0.3, -0.25) is 0 Å². The van der Waals surface area contributed by atoms with E-state index in [2.05, 4.69) is 31.0 Å². The first-order valence-electron chi connectivity index (χ1n) is 7.69. The van der Waals surface area contributed by atoms with E-state index in [9.17, 15) is 0 Å². The van der Waals surface area contributed by atoms with Gasteiger partial charge in [0.25, 0.3) is 0 Å². The third kappa shape index (κ3) is 4.97. The molecule has 0 saturated carbocycles. The fourth-order valence-electron chi connectivity index (χ4n) is 2.90. The predicted molar refractivity (Wildman–Crippen MR) is 76.5 cm³/mol. The van der Waals surface area contributed by atoms with Gasteiger partial charge >= 0.3 is 0 Å². The molecular weight excluding hydrogens is 208 g/mol. The summed E-state index contributed by atoms with van der Waals surface area (Å²) in [6.45, 7) is 13.3. The summed E-state index contributed by atoms with van der Waals surface area (Å²) in [7, 11) is 0. The SMILES string of the molecule is CCCNCC(CC)(CC)CN1CCCCC1. The zero-order valence-electron chi connectivity index (χ0n) is 12.2. The van der Waals surface area contributed by atoms with Gasteiger partial charge < -0.3 is 10.2 Å². The van der Waals surface area contributed by atoms with Crippen molar-refractivity contribution in [1.82, 2.24) is 10.2 Å². The van der Waals surface area contributed by atoms with E-state index in [0.29, 0.717) is 5.41 Å². The van der Waals surface area contributed by atoms with Crippen LogP contribution in [-0.2, 0) is 0 Å². The maximum atomic E-state index is 3.64. The van der Waals surface area contributed by atoms with Gasteiger partial charge in [0.1, 0.15) is 0 Å². The third-order valence-corrected chi connectivity index (χ3v) is 4.43. The van der Waals surface area contributed by atoms with E-state index in [1.807, 2.05) is 0 Å². The maximum Gasteiger partial charge on any atom is 0.00499 e. The van der Waals surface area contributed by atoms with Crippen LogP contribution in [0.4, 0.5) is 0 Å². The molecule has 102 valence electrons. The Kier molecular flexibility index (Phi) is 7.14. The topological polar surface area (TPSA) is 15.3 Å². The maximum absolute atomic E-state index is 3.64. The predicted octanol–water partition coefficient (Wildman–Crippen LogP) is 3.28. The fourth-order valence-corrected chi connectivity index (χ4v) is 2.90. The van der Waals surface area contributed by atoms with E-state index >= 15 is 0 Å². The monoisotopic (exact) mass is 240 g/mol. The third-order valence-electron chi connectivity index (χ3n) is 4.43. The molecule has 1 aliphatic heterocycles. The van der Waals surface area contributed by atoms with E-state index in [1.165, 1.54) is 71.2 Å². The number of piperidine rings is 1. The van der Waals surface area contributed by atoms with E-state index in [-0.39, 0.29) is 0 Å². The van der Waals surface area contributed by atoms with Gasteiger partial charge in [0.2, 0.25) is 0 Å². The first-order valence-corrected chi connectivity index (χ1v) is 7.69. The van der Waals surface area contributed by atoms with E-state index in [1.54, 1.807) is 0 Å². The van der Waals surface area contributed by atoms with Crippen LogP contribution in [0.5, 0.6) is 0 Å². The largest absolute Gasteiger partial charge is 0.316 e. The minimum atomic E-state index is 0.506. The number of hydrogen-bond acceptors (Lipinski definition) is 2. The molecule has 1 saturated heterocycles. The normalized spacial score (nSPS) is 18.5. The summed E-state index contributed by atoms with van der Waals surface area (Å²) in [5.41, 5.74) is 0.506. The van der Waals surface area contributed by atoms with E-state index < -0.39 is 0 Å². The summed E-state index contributed by atoms with van der Waals surface area (Å²) >= 11 is 0. The molecule has 0 aromatic heterocycles. The van der Waals surface area contributed by atoms with Gasteiger partial charge in [0.05, 0.1) is 0 Å².